The highest BCUT2D eigenvalue weighted by Crippen LogP contribution is 2.29. The van der Waals surface area contributed by atoms with Gasteiger partial charge in [-0.1, -0.05) is 11.6 Å². The Hall–Kier alpha value is -2.14. The Morgan fingerprint density at radius 3 is 2.82 bits per heavy atom. The lowest BCUT2D eigenvalue weighted by Crippen LogP contribution is -2.00. The van der Waals surface area contributed by atoms with Crippen molar-refractivity contribution < 1.29 is 14.6 Å². The van der Waals surface area contributed by atoms with Crippen molar-refractivity contribution in [2.75, 3.05) is 0 Å². The first kappa shape index (κ1) is 11.3. The highest BCUT2D eigenvalue weighted by Gasteiger charge is 2.14. The minimum Gasteiger partial charge on any atom is -0.478 e. The molecule has 0 saturated heterocycles. The second-order valence-electron chi connectivity index (χ2n) is 3.07. The van der Waals surface area contributed by atoms with Crippen LogP contribution in [0.15, 0.2) is 36.8 Å². The standard InChI is InChI=1S/C11H7ClN2O3/c12-9-8(11(15)16)3-5-14-10(9)17-7-2-1-4-13-6-7/h1-6H,(H,15,16). The molecule has 2 heterocycles. The molecule has 0 aromatic carbocycles. The molecule has 0 saturated carbocycles. The minimum atomic E-state index is -1.13. The second kappa shape index (κ2) is 4.80. The lowest BCUT2D eigenvalue weighted by atomic mass is 10.3. The third kappa shape index (κ3) is 2.51. The van der Waals surface area contributed by atoms with Crippen LogP contribution in [0, 0.1) is 0 Å². The Balaban J connectivity index is 2.34. The number of carboxylic acids is 1. The molecule has 0 aliphatic rings. The summed E-state index contributed by atoms with van der Waals surface area (Å²) in [5.41, 5.74) is -0.0550. The maximum atomic E-state index is 10.8. The van der Waals surface area contributed by atoms with E-state index in [-0.39, 0.29) is 16.5 Å². The van der Waals surface area contributed by atoms with Gasteiger partial charge in [-0.2, -0.15) is 0 Å². The van der Waals surface area contributed by atoms with Crippen LogP contribution in [0.4, 0.5) is 0 Å². The summed E-state index contributed by atoms with van der Waals surface area (Å²) < 4.78 is 5.33. The van der Waals surface area contributed by atoms with Crippen LogP contribution in [-0.2, 0) is 0 Å². The van der Waals surface area contributed by atoms with Crippen LogP contribution >= 0.6 is 11.6 Å². The molecular formula is C11H7ClN2O3. The van der Waals surface area contributed by atoms with Gasteiger partial charge in [-0.25, -0.2) is 9.78 Å². The highest BCUT2D eigenvalue weighted by atomic mass is 35.5. The predicted molar refractivity (Wildman–Crippen MR) is 60.5 cm³/mol. The fourth-order valence-electron chi connectivity index (χ4n) is 1.18. The SMILES string of the molecule is O=C(O)c1ccnc(Oc2cccnc2)c1Cl. The molecule has 0 spiro atoms. The third-order valence-electron chi connectivity index (χ3n) is 1.94. The predicted octanol–water partition coefficient (Wildman–Crippen LogP) is 2.62. The van der Waals surface area contributed by atoms with E-state index in [1.165, 1.54) is 18.5 Å². The summed E-state index contributed by atoms with van der Waals surface area (Å²) in [4.78, 5) is 18.6. The zero-order chi connectivity index (χ0) is 12.3. The number of aromatic carboxylic acids is 1. The molecule has 1 N–H and O–H groups in total. The first-order chi connectivity index (χ1) is 8.18. The molecule has 5 nitrogen and oxygen atoms in total. The third-order valence-corrected chi connectivity index (χ3v) is 2.30. The fraction of sp³-hybridized carbons (Fsp3) is 0. The summed E-state index contributed by atoms with van der Waals surface area (Å²) >= 11 is 5.86. The van der Waals surface area contributed by atoms with Gasteiger partial charge in [0.1, 0.15) is 10.8 Å². The van der Waals surface area contributed by atoms with E-state index in [1.807, 2.05) is 0 Å². The Labute approximate surface area is 102 Å². The van der Waals surface area contributed by atoms with Gasteiger partial charge in [-0.3, -0.25) is 4.98 Å². The van der Waals surface area contributed by atoms with E-state index < -0.39 is 5.97 Å². The number of nitrogens with zero attached hydrogens (tertiary/aromatic N) is 2. The number of hydrogen-bond acceptors (Lipinski definition) is 4. The molecule has 0 fully saturated rings. The van der Waals surface area contributed by atoms with Gasteiger partial charge < -0.3 is 9.84 Å². The summed E-state index contributed by atoms with van der Waals surface area (Å²) in [7, 11) is 0. The molecule has 0 aliphatic heterocycles. The molecule has 17 heavy (non-hydrogen) atoms. The quantitative estimate of drug-likeness (QED) is 0.907. The second-order valence-corrected chi connectivity index (χ2v) is 3.45. The van der Waals surface area contributed by atoms with Crippen molar-refractivity contribution >= 4 is 17.6 Å². The highest BCUT2D eigenvalue weighted by molar-refractivity contribution is 6.34. The molecule has 86 valence electrons. The van der Waals surface area contributed by atoms with Gasteiger partial charge in [-0.15, -0.1) is 0 Å². The van der Waals surface area contributed by atoms with Crippen molar-refractivity contribution in [1.29, 1.82) is 0 Å². The summed E-state index contributed by atoms with van der Waals surface area (Å²) in [5.74, 6) is -0.655. The lowest BCUT2D eigenvalue weighted by Gasteiger charge is -2.06. The smallest absolute Gasteiger partial charge is 0.337 e. The lowest BCUT2D eigenvalue weighted by molar-refractivity contribution is 0.0696. The first-order valence-electron chi connectivity index (χ1n) is 4.64. The van der Waals surface area contributed by atoms with E-state index in [0.717, 1.165) is 0 Å². The van der Waals surface area contributed by atoms with Gasteiger partial charge in [0.05, 0.1) is 11.8 Å². The molecule has 2 aromatic heterocycles. The van der Waals surface area contributed by atoms with Crippen molar-refractivity contribution in [2.45, 2.75) is 0 Å². The summed E-state index contributed by atoms with van der Waals surface area (Å²) in [6.07, 6.45) is 4.39. The zero-order valence-electron chi connectivity index (χ0n) is 8.50. The maximum Gasteiger partial charge on any atom is 0.337 e. The Morgan fingerprint density at radius 1 is 1.35 bits per heavy atom. The summed E-state index contributed by atoms with van der Waals surface area (Å²) in [6, 6.07) is 4.66. The molecule has 0 aliphatic carbocycles. The van der Waals surface area contributed by atoms with Gasteiger partial charge in [0.2, 0.25) is 5.88 Å². The average molecular weight is 251 g/mol. The van der Waals surface area contributed by atoms with Gasteiger partial charge in [0.25, 0.3) is 0 Å². The Bertz CT molecular complexity index is 546. The van der Waals surface area contributed by atoms with Crippen LogP contribution in [0.25, 0.3) is 0 Å². The van der Waals surface area contributed by atoms with Crippen molar-refractivity contribution in [3.63, 3.8) is 0 Å². The van der Waals surface area contributed by atoms with E-state index in [9.17, 15) is 4.79 Å². The number of carboxylic acid groups (broad SMARTS) is 1. The number of aromatic nitrogens is 2. The summed E-state index contributed by atoms with van der Waals surface area (Å²) in [5, 5.41) is 8.84. The fourth-order valence-corrected chi connectivity index (χ4v) is 1.41. The number of pyridine rings is 2. The number of hydrogen-bond donors (Lipinski definition) is 1. The number of halogens is 1. The maximum absolute atomic E-state index is 10.8. The van der Waals surface area contributed by atoms with Crippen molar-refractivity contribution in [3.05, 3.63) is 47.4 Å². The number of rotatable bonds is 3. The molecule has 6 heteroatoms. The van der Waals surface area contributed by atoms with Crippen LogP contribution in [0.5, 0.6) is 11.6 Å². The van der Waals surface area contributed by atoms with E-state index in [1.54, 1.807) is 18.3 Å². The van der Waals surface area contributed by atoms with Crippen LogP contribution in [0.2, 0.25) is 5.02 Å². The van der Waals surface area contributed by atoms with Crippen LogP contribution in [0.1, 0.15) is 10.4 Å². The Kier molecular flexibility index (Phi) is 3.20. The van der Waals surface area contributed by atoms with Gasteiger partial charge in [-0.05, 0) is 18.2 Å². The van der Waals surface area contributed by atoms with Crippen LogP contribution in [-0.4, -0.2) is 21.0 Å². The van der Waals surface area contributed by atoms with Crippen LogP contribution < -0.4 is 4.74 Å². The van der Waals surface area contributed by atoms with Crippen LogP contribution in [0.3, 0.4) is 0 Å². The van der Waals surface area contributed by atoms with E-state index in [2.05, 4.69) is 9.97 Å². The molecular weight excluding hydrogens is 244 g/mol. The topological polar surface area (TPSA) is 72.3 Å². The monoisotopic (exact) mass is 250 g/mol. The van der Waals surface area contributed by atoms with E-state index >= 15 is 0 Å². The van der Waals surface area contributed by atoms with E-state index in [4.69, 9.17) is 21.4 Å². The average Bonchev–Trinajstić information content (AvgIpc) is 2.33. The molecule has 0 radical (unpaired) electrons. The Morgan fingerprint density at radius 2 is 2.18 bits per heavy atom. The van der Waals surface area contributed by atoms with E-state index in [0.29, 0.717) is 5.75 Å². The van der Waals surface area contributed by atoms with Gasteiger partial charge >= 0.3 is 5.97 Å². The summed E-state index contributed by atoms with van der Waals surface area (Å²) in [6.45, 7) is 0. The van der Waals surface area contributed by atoms with Gasteiger partial charge in [0, 0.05) is 12.4 Å². The van der Waals surface area contributed by atoms with Crippen molar-refractivity contribution in [3.8, 4) is 11.6 Å². The molecule has 0 bridgehead atoms. The number of ether oxygens (including phenoxy) is 1. The largest absolute Gasteiger partial charge is 0.478 e. The minimum absolute atomic E-state index is 0.0381. The van der Waals surface area contributed by atoms with Crippen molar-refractivity contribution in [2.24, 2.45) is 0 Å². The molecule has 0 amide bonds. The first-order valence-corrected chi connectivity index (χ1v) is 5.02. The van der Waals surface area contributed by atoms with Crippen molar-refractivity contribution in [1.82, 2.24) is 9.97 Å². The molecule has 2 aromatic rings. The molecule has 2 rings (SSSR count). The number of carbonyl (C=O) groups is 1. The zero-order valence-corrected chi connectivity index (χ0v) is 9.26. The van der Waals surface area contributed by atoms with Gasteiger partial charge in [0.15, 0.2) is 0 Å². The normalized spacial score (nSPS) is 9.94. The molecule has 0 atom stereocenters. The molecule has 0 unspecified atom stereocenters.